The fourth-order valence-corrected chi connectivity index (χ4v) is 4.51. The van der Waals surface area contributed by atoms with E-state index in [1.807, 2.05) is 35.2 Å². The van der Waals surface area contributed by atoms with Crippen molar-refractivity contribution in [3.63, 3.8) is 0 Å². The van der Waals surface area contributed by atoms with Crippen molar-refractivity contribution >= 4 is 12.0 Å². The summed E-state index contributed by atoms with van der Waals surface area (Å²) in [5.41, 5.74) is 0.354. The molecule has 1 aromatic heterocycles. The van der Waals surface area contributed by atoms with E-state index < -0.39 is 24.0 Å². The Morgan fingerprint density at radius 1 is 0.895 bits per heavy atom. The minimum Gasteiger partial charge on any atom is -0.482 e. The number of alkyl halides is 3. The molecule has 38 heavy (non-hydrogen) atoms. The highest BCUT2D eigenvalue weighted by molar-refractivity contribution is 5.73. The molecular formula is C27H29F3N4O4. The number of carbonyl (C=O) groups excluding carboxylic acids is 1. The van der Waals surface area contributed by atoms with Crippen LogP contribution in [0.15, 0.2) is 70.4 Å². The van der Waals surface area contributed by atoms with E-state index in [1.54, 1.807) is 18.2 Å². The van der Waals surface area contributed by atoms with Crippen LogP contribution in [-0.4, -0.2) is 65.8 Å². The van der Waals surface area contributed by atoms with E-state index in [1.165, 1.54) is 16.8 Å². The van der Waals surface area contributed by atoms with E-state index in [0.717, 1.165) is 10.1 Å². The number of para-hydroxylation sites is 2. The Kier molecular flexibility index (Phi) is 8.67. The predicted molar refractivity (Wildman–Crippen MR) is 137 cm³/mol. The second-order valence-electron chi connectivity index (χ2n) is 9.11. The Morgan fingerprint density at radius 3 is 2.26 bits per heavy atom. The lowest BCUT2D eigenvalue weighted by Crippen LogP contribution is -2.47. The highest BCUT2D eigenvalue weighted by atomic mass is 19.4. The lowest BCUT2D eigenvalue weighted by molar-refractivity contribution is -0.153. The van der Waals surface area contributed by atoms with Gasteiger partial charge in [-0.3, -0.25) is 23.6 Å². The molecular weight excluding hydrogens is 501 g/mol. The molecule has 1 aliphatic heterocycles. The molecule has 0 atom stereocenters. The van der Waals surface area contributed by atoms with Gasteiger partial charge in [-0.1, -0.05) is 42.5 Å². The standard InChI is InChI=1S/C27H29F3N4O4/c28-27(29,30)20-38-24-10-5-4-9-23(24)32-15-13-31(14-16-32)11-6-12-34-25(36)22(19-35)18-33(26(34)37)17-21-7-2-1-3-8-21/h1-5,7-10,18-19H,6,11-17,20H2. The van der Waals surface area contributed by atoms with Crippen LogP contribution in [0.25, 0.3) is 0 Å². The van der Waals surface area contributed by atoms with Gasteiger partial charge in [0, 0.05) is 38.9 Å². The maximum Gasteiger partial charge on any atom is 0.422 e. The first-order chi connectivity index (χ1) is 18.2. The van der Waals surface area contributed by atoms with E-state index in [9.17, 15) is 27.6 Å². The Morgan fingerprint density at radius 2 is 1.58 bits per heavy atom. The first-order valence-electron chi connectivity index (χ1n) is 12.3. The summed E-state index contributed by atoms with van der Waals surface area (Å²) in [6, 6.07) is 16.0. The van der Waals surface area contributed by atoms with Crippen LogP contribution in [0, 0.1) is 0 Å². The number of carbonyl (C=O) groups is 1. The number of halogens is 3. The molecule has 202 valence electrons. The minimum absolute atomic E-state index is 0.0689. The van der Waals surface area contributed by atoms with Crippen LogP contribution in [0.5, 0.6) is 5.75 Å². The van der Waals surface area contributed by atoms with Gasteiger partial charge < -0.3 is 9.64 Å². The number of anilines is 1. The van der Waals surface area contributed by atoms with Crippen molar-refractivity contribution in [2.75, 3.05) is 44.2 Å². The summed E-state index contributed by atoms with van der Waals surface area (Å²) in [5.74, 6) is 0.194. The fourth-order valence-electron chi connectivity index (χ4n) is 4.51. The highest BCUT2D eigenvalue weighted by Gasteiger charge is 2.29. The number of aromatic nitrogens is 2. The number of piperazine rings is 1. The van der Waals surface area contributed by atoms with Gasteiger partial charge in [-0.25, -0.2) is 4.79 Å². The van der Waals surface area contributed by atoms with Gasteiger partial charge in [-0.15, -0.1) is 0 Å². The zero-order chi connectivity index (χ0) is 27.1. The molecule has 0 amide bonds. The lowest BCUT2D eigenvalue weighted by Gasteiger charge is -2.36. The summed E-state index contributed by atoms with van der Waals surface area (Å²) in [6.45, 7) is 2.20. The summed E-state index contributed by atoms with van der Waals surface area (Å²) in [7, 11) is 0. The number of benzene rings is 2. The molecule has 0 bridgehead atoms. The highest BCUT2D eigenvalue weighted by Crippen LogP contribution is 2.30. The van der Waals surface area contributed by atoms with Crippen molar-refractivity contribution in [3.05, 3.63) is 92.8 Å². The van der Waals surface area contributed by atoms with Crippen molar-refractivity contribution in [1.82, 2.24) is 14.0 Å². The minimum atomic E-state index is -4.41. The lowest BCUT2D eigenvalue weighted by atomic mass is 10.2. The normalized spacial score (nSPS) is 14.4. The van der Waals surface area contributed by atoms with E-state index in [2.05, 4.69) is 4.90 Å². The number of hydrogen-bond acceptors (Lipinski definition) is 6. The van der Waals surface area contributed by atoms with E-state index >= 15 is 0 Å². The van der Waals surface area contributed by atoms with Crippen molar-refractivity contribution in [2.24, 2.45) is 0 Å². The summed E-state index contributed by atoms with van der Waals surface area (Å²) >= 11 is 0. The van der Waals surface area contributed by atoms with Crippen LogP contribution in [0.2, 0.25) is 0 Å². The van der Waals surface area contributed by atoms with Gasteiger partial charge in [0.1, 0.15) is 5.75 Å². The maximum absolute atomic E-state index is 13.0. The number of rotatable bonds is 10. The SMILES string of the molecule is O=Cc1cn(Cc2ccccc2)c(=O)n(CCCN2CCN(c3ccccc3OCC(F)(F)F)CC2)c1=O. The molecule has 0 saturated carbocycles. The van der Waals surface area contributed by atoms with E-state index in [0.29, 0.717) is 51.1 Å². The Balaban J connectivity index is 1.35. The maximum atomic E-state index is 13.0. The first kappa shape index (κ1) is 27.2. The molecule has 0 spiro atoms. The smallest absolute Gasteiger partial charge is 0.422 e. The molecule has 0 aliphatic carbocycles. The Labute approximate surface area is 217 Å². The zero-order valence-electron chi connectivity index (χ0n) is 20.8. The van der Waals surface area contributed by atoms with Gasteiger partial charge >= 0.3 is 11.9 Å². The van der Waals surface area contributed by atoms with Crippen molar-refractivity contribution < 1.29 is 22.7 Å². The van der Waals surface area contributed by atoms with Gasteiger partial charge in [-0.05, 0) is 30.7 Å². The van der Waals surface area contributed by atoms with Crippen molar-refractivity contribution in [1.29, 1.82) is 0 Å². The number of nitrogens with zero attached hydrogens (tertiary/aromatic N) is 4. The third-order valence-electron chi connectivity index (χ3n) is 6.41. The summed E-state index contributed by atoms with van der Waals surface area (Å²) in [5, 5.41) is 0. The van der Waals surface area contributed by atoms with Gasteiger partial charge in [0.2, 0.25) is 0 Å². The van der Waals surface area contributed by atoms with Crippen LogP contribution >= 0.6 is 0 Å². The average molecular weight is 531 g/mol. The van der Waals surface area contributed by atoms with Crippen LogP contribution in [0.3, 0.4) is 0 Å². The van der Waals surface area contributed by atoms with E-state index in [-0.39, 0.29) is 24.4 Å². The molecule has 4 rings (SSSR count). The molecule has 0 unspecified atom stereocenters. The van der Waals surface area contributed by atoms with E-state index in [4.69, 9.17) is 4.74 Å². The molecule has 8 nitrogen and oxygen atoms in total. The Bertz CT molecular complexity index is 1350. The molecule has 2 heterocycles. The fraction of sp³-hybridized carbons (Fsp3) is 0.370. The number of ether oxygens (including phenoxy) is 1. The van der Waals surface area contributed by atoms with Gasteiger partial charge in [-0.2, -0.15) is 13.2 Å². The molecule has 1 aliphatic rings. The van der Waals surface area contributed by atoms with Gasteiger partial charge in [0.25, 0.3) is 5.56 Å². The molecule has 1 saturated heterocycles. The van der Waals surface area contributed by atoms with Crippen LogP contribution in [-0.2, 0) is 13.1 Å². The third-order valence-corrected chi connectivity index (χ3v) is 6.41. The van der Waals surface area contributed by atoms with Crippen molar-refractivity contribution in [2.45, 2.75) is 25.7 Å². The van der Waals surface area contributed by atoms with Crippen LogP contribution in [0.4, 0.5) is 18.9 Å². The third kappa shape index (κ3) is 6.91. The predicted octanol–water partition coefficient (Wildman–Crippen LogP) is 3.02. The molecule has 1 fully saturated rings. The van der Waals surface area contributed by atoms with Gasteiger partial charge in [0.15, 0.2) is 12.9 Å². The molecule has 11 heteroatoms. The molecule has 2 aromatic carbocycles. The first-order valence-corrected chi connectivity index (χ1v) is 12.3. The zero-order valence-corrected chi connectivity index (χ0v) is 20.8. The van der Waals surface area contributed by atoms with Crippen LogP contribution < -0.4 is 20.9 Å². The molecule has 0 radical (unpaired) electrons. The molecule has 0 N–H and O–H groups in total. The van der Waals surface area contributed by atoms with Crippen molar-refractivity contribution in [3.8, 4) is 5.75 Å². The largest absolute Gasteiger partial charge is 0.482 e. The quantitative estimate of drug-likeness (QED) is 0.375. The summed E-state index contributed by atoms with van der Waals surface area (Å²) < 4.78 is 45.3. The number of hydrogen-bond donors (Lipinski definition) is 0. The average Bonchev–Trinajstić information content (AvgIpc) is 2.91. The van der Waals surface area contributed by atoms with Gasteiger partial charge in [0.05, 0.1) is 17.8 Å². The second kappa shape index (κ2) is 12.1. The molecule has 3 aromatic rings. The Hall–Kier alpha value is -3.86. The monoisotopic (exact) mass is 530 g/mol. The summed E-state index contributed by atoms with van der Waals surface area (Å²) in [4.78, 5) is 41.3. The summed E-state index contributed by atoms with van der Waals surface area (Å²) in [6.07, 6.45) is -2.12. The topological polar surface area (TPSA) is 76.8 Å². The number of aldehydes is 1. The van der Waals surface area contributed by atoms with Crippen LogP contribution in [0.1, 0.15) is 22.3 Å². The second-order valence-corrected chi connectivity index (χ2v) is 9.11.